The number of phenolic OH excluding ortho intramolecular Hbond substituents is 7. The molecule has 0 aliphatic carbocycles. The van der Waals surface area contributed by atoms with Gasteiger partial charge in [0.1, 0.15) is 5.75 Å². The van der Waals surface area contributed by atoms with Crippen LogP contribution in [0.3, 0.4) is 0 Å². The maximum atomic E-state index is 12.7. The summed E-state index contributed by atoms with van der Waals surface area (Å²) in [5, 5.41) is 86.3. The van der Waals surface area contributed by atoms with E-state index in [0.717, 1.165) is 43.8 Å². The SMILES string of the molecule is Oc1c(O)c(O)c2c(-c3cccc(-c4ccc(-c5ccccc5)cc4)c3)c3c(O)c(-c4ccc5ccccc5c4)c(O)c(O)c3c(-c3ccc4ccccc4c3)c2c1O. The largest absolute Gasteiger partial charge is 0.506 e. The number of aromatic hydroxyl groups is 7. The Labute approximate surface area is 337 Å². The van der Waals surface area contributed by atoms with Crippen molar-refractivity contribution < 1.29 is 35.7 Å². The summed E-state index contributed by atoms with van der Waals surface area (Å²) in [4.78, 5) is 0. The van der Waals surface area contributed by atoms with Gasteiger partial charge in [0.15, 0.2) is 23.0 Å². The van der Waals surface area contributed by atoms with Crippen LogP contribution in [-0.2, 0) is 0 Å². The van der Waals surface area contributed by atoms with Crippen LogP contribution in [0.1, 0.15) is 0 Å². The quantitative estimate of drug-likeness (QED) is 0.0525. The van der Waals surface area contributed by atoms with E-state index in [2.05, 4.69) is 0 Å². The second kappa shape index (κ2) is 13.5. The predicted molar refractivity (Wildman–Crippen MR) is 235 cm³/mol. The number of benzene rings is 10. The summed E-state index contributed by atoms with van der Waals surface area (Å²) < 4.78 is 0. The molecular formula is C52H34O7. The fraction of sp³-hybridized carbons (Fsp3) is 0. The first-order valence-electron chi connectivity index (χ1n) is 19.0. The third-order valence-corrected chi connectivity index (χ3v) is 11.4. The fourth-order valence-electron chi connectivity index (χ4n) is 8.51. The molecule has 0 atom stereocenters. The van der Waals surface area contributed by atoms with Crippen LogP contribution in [0.2, 0.25) is 0 Å². The average molecular weight is 771 g/mol. The van der Waals surface area contributed by atoms with Crippen molar-refractivity contribution in [2.24, 2.45) is 0 Å². The topological polar surface area (TPSA) is 142 Å². The van der Waals surface area contributed by atoms with E-state index in [-0.39, 0.29) is 38.2 Å². The lowest BCUT2D eigenvalue weighted by atomic mass is 9.81. The molecule has 10 rings (SSSR count). The van der Waals surface area contributed by atoms with Gasteiger partial charge in [-0.2, -0.15) is 0 Å². The van der Waals surface area contributed by atoms with Crippen LogP contribution < -0.4 is 0 Å². The molecule has 7 heteroatoms. The molecule has 0 unspecified atom stereocenters. The Balaban J connectivity index is 1.35. The summed E-state index contributed by atoms with van der Waals surface area (Å²) in [6, 6.07) is 51.4. The zero-order valence-corrected chi connectivity index (χ0v) is 31.2. The van der Waals surface area contributed by atoms with Gasteiger partial charge in [-0.3, -0.25) is 0 Å². The lowest BCUT2D eigenvalue weighted by molar-refractivity contribution is 0.351. The summed E-state index contributed by atoms with van der Waals surface area (Å²) >= 11 is 0. The fourth-order valence-corrected chi connectivity index (χ4v) is 8.51. The van der Waals surface area contributed by atoms with Gasteiger partial charge in [-0.1, -0.05) is 146 Å². The third-order valence-electron chi connectivity index (χ3n) is 11.4. The van der Waals surface area contributed by atoms with E-state index in [1.165, 1.54) is 0 Å². The van der Waals surface area contributed by atoms with Crippen molar-refractivity contribution in [3.05, 3.63) is 164 Å². The molecule has 0 aromatic heterocycles. The number of hydrogen-bond acceptors (Lipinski definition) is 7. The molecular weight excluding hydrogens is 737 g/mol. The average Bonchev–Trinajstić information content (AvgIpc) is 3.28. The van der Waals surface area contributed by atoms with Crippen molar-refractivity contribution >= 4 is 43.1 Å². The van der Waals surface area contributed by atoms with Gasteiger partial charge in [-0.05, 0) is 78.7 Å². The van der Waals surface area contributed by atoms with E-state index in [0.29, 0.717) is 16.7 Å². The number of hydrogen-bond donors (Lipinski definition) is 7. The molecule has 0 bridgehead atoms. The first-order valence-corrected chi connectivity index (χ1v) is 19.0. The zero-order chi connectivity index (χ0) is 40.5. The van der Waals surface area contributed by atoms with E-state index in [1.807, 2.05) is 140 Å². The minimum Gasteiger partial charge on any atom is -0.506 e. The molecule has 0 amide bonds. The Morgan fingerprint density at radius 2 is 0.559 bits per heavy atom. The van der Waals surface area contributed by atoms with Gasteiger partial charge in [-0.15, -0.1) is 0 Å². The second-order valence-corrected chi connectivity index (χ2v) is 14.7. The molecule has 0 aliphatic rings. The van der Waals surface area contributed by atoms with Crippen molar-refractivity contribution in [2.75, 3.05) is 0 Å². The van der Waals surface area contributed by atoms with Crippen molar-refractivity contribution in [3.8, 4) is 95.9 Å². The first-order chi connectivity index (χ1) is 28.7. The number of rotatable bonds is 5. The molecule has 10 aromatic rings. The number of phenols is 7. The highest BCUT2D eigenvalue weighted by molar-refractivity contribution is 6.29. The Morgan fingerprint density at radius 1 is 0.203 bits per heavy atom. The molecule has 59 heavy (non-hydrogen) atoms. The summed E-state index contributed by atoms with van der Waals surface area (Å²) in [6.07, 6.45) is 0. The summed E-state index contributed by atoms with van der Waals surface area (Å²) in [5.74, 6) is -5.12. The van der Waals surface area contributed by atoms with Gasteiger partial charge < -0.3 is 35.7 Å². The van der Waals surface area contributed by atoms with Crippen molar-refractivity contribution in [2.45, 2.75) is 0 Å². The molecule has 0 saturated carbocycles. The Hall–Kier alpha value is -8.16. The van der Waals surface area contributed by atoms with E-state index in [1.54, 1.807) is 24.3 Å². The molecule has 0 aliphatic heterocycles. The van der Waals surface area contributed by atoms with Crippen LogP contribution in [0, 0.1) is 0 Å². The maximum absolute atomic E-state index is 12.7. The van der Waals surface area contributed by atoms with Crippen LogP contribution in [0.5, 0.6) is 40.2 Å². The van der Waals surface area contributed by atoms with Gasteiger partial charge >= 0.3 is 0 Å². The Morgan fingerprint density at radius 3 is 1.10 bits per heavy atom. The minimum atomic E-state index is -0.977. The van der Waals surface area contributed by atoms with Crippen LogP contribution in [0.4, 0.5) is 0 Å². The normalized spacial score (nSPS) is 11.5. The molecule has 0 saturated heterocycles. The molecule has 0 fully saturated rings. The maximum Gasteiger partial charge on any atom is 0.204 e. The van der Waals surface area contributed by atoms with Gasteiger partial charge in [0.2, 0.25) is 11.5 Å². The number of fused-ring (bicyclic) bond motifs is 4. The van der Waals surface area contributed by atoms with E-state index < -0.39 is 40.2 Å². The van der Waals surface area contributed by atoms with Gasteiger partial charge in [0.05, 0.1) is 5.56 Å². The lowest BCUT2D eigenvalue weighted by Crippen LogP contribution is -1.96. The monoisotopic (exact) mass is 770 g/mol. The van der Waals surface area contributed by atoms with Crippen molar-refractivity contribution in [1.29, 1.82) is 0 Å². The standard InChI is InChI=1S/C52H34O7/c53-46-41(38-24-22-30-12-5-7-14-34(30)27-38)47(54)48(55)43-40(37-23-21-29-11-4-6-13-33(29)26-37)45-44(49(56)51(58)52(59)50(45)57)39(42(43)46)36-16-8-15-35(25-36)32-19-17-31(18-20-32)28-9-2-1-3-10-28/h1-27,53-59H. The summed E-state index contributed by atoms with van der Waals surface area (Å²) in [6.45, 7) is 0. The molecule has 0 radical (unpaired) electrons. The molecule has 284 valence electrons. The predicted octanol–water partition coefficient (Wildman–Crippen LogP) is 12.6. The molecule has 7 N–H and O–H groups in total. The molecule has 7 nitrogen and oxygen atoms in total. The van der Waals surface area contributed by atoms with E-state index >= 15 is 0 Å². The second-order valence-electron chi connectivity index (χ2n) is 14.7. The van der Waals surface area contributed by atoms with E-state index in [9.17, 15) is 35.7 Å². The Bertz CT molecular complexity index is 3340. The molecule has 10 aromatic carbocycles. The third kappa shape index (κ3) is 5.51. The highest BCUT2D eigenvalue weighted by Gasteiger charge is 2.32. The molecule has 0 heterocycles. The van der Waals surface area contributed by atoms with Crippen molar-refractivity contribution in [3.63, 3.8) is 0 Å². The van der Waals surface area contributed by atoms with Crippen LogP contribution >= 0.6 is 0 Å². The highest BCUT2D eigenvalue weighted by atomic mass is 16.3. The summed E-state index contributed by atoms with van der Waals surface area (Å²) in [7, 11) is 0. The van der Waals surface area contributed by atoms with Crippen LogP contribution in [0.25, 0.3) is 98.7 Å². The van der Waals surface area contributed by atoms with Gasteiger partial charge in [0.25, 0.3) is 0 Å². The van der Waals surface area contributed by atoms with Crippen LogP contribution in [-0.4, -0.2) is 35.7 Å². The first kappa shape index (κ1) is 35.3. The van der Waals surface area contributed by atoms with E-state index in [4.69, 9.17) is 0 Å². The smallest absolute Gasteiger partial charge is 0.204 e. The van der Waals surface area contributed by atoms with Gasteiger partial charge in [0, 0.05) is 32.7 Å². The van der Waals surface area contributed by atoms with Gasteiger partial charge in [-0.25, -0.2) is 0 Å². The highest BCUT2D eigenvalue weighted by Crippen LogP contribution is 2.62. The minimum absolute atomic E-state index is 0.0236. The lowest BCUT2D eigenvalue weighted by Gasteiger charge is -2.24. The zero-order valence-electron chi connectivity index (χ0n) is 31.2. The molecule has 0 spiro atoms. The van der Waals surface area contributed by atoms with Crippen LogP contribution in [0.15, 0.2) is 164 Å². The Kier molecular flexibility index (Phi) is 8.07. The van der Waals surface area contributed by atoms with Crippen molar-refractivity contribution in [1.82, 2.24) is 0 Å². The summed E-state index contributed by atoms with van der Waals surface area (Å²) in [5.41, 5.74) is 5.14.